The number of hydrogen-bond donors (Lipinski definition) is 2. The second-order valence-electron chi connectivity index (χ2n) is 5.91. The van der Waals surface area contributed by atoms with Gasteiger partial charge in [-0.05, 0) is 17.7 Å². The highest BCUT2D eigenvalue weighted by atomic mass is 19.1. The third-order valence-electron chi connectivity index (χ3n) is 4.32. The molecule has 2 amide bonds. The number of piperazine rings is 2. The summed E-state index contributed by atoms with van der Waals surface area (Å²) in [6, 6.07) is 6.47. The number of benzene rings is 1. The molecule has 2 fully saturated rings. The zero-order valence-corrected chi connectivity index (χ0v) is 12.9. The number of amides is 2. The maximum absolute atomic E-state index is 13.5. The van der Waals surface area contributed by atoms with E-state index in [9.17, 15) is 14.0 Å². The van der Waals surface area contributed by atoms with Crippen LogP contribution in [-0.2, 0) is 9.59 Å². The van der Waals surface area contributed by atoms with Crippen LogP contribution in [0.5, 0.6) is 0 Å². The first-order valence-electron chi connectivity index (χ1n) is 7.88. The van der Waals surface area contributed by atoms with Crippen molar-refractivity contribution in [3.63, 3.8) is 0 Å². The van der Waals surface area contributed by atoms with Gasteiger partial charge in [-0.1, -0.05) is 12.1 Å². The molecule has 0 spiro atoms. The van der Waals surface area contributed by atoms with Gasteiger partial charge in [0.15, 0.2) is 0 Å². The summed E-state index contributed by atoms with van der Waals surface area (Å²) in [5.41, 5.74) is 0.862. The average molecular weight is 320 g/mol. The summed E-state index contributed by atoms with van der Waals surface area (Å²) in [6.45, 7) is 3.59. The van der Waals surface area contributed by atoms with Gasteiger partial charge in [-0.2, -0.15) is 0 Å². The van der Waals surface area contributed by atoms with E-state index in [1.165, 1.54) is 12.1 Å². The minimum absolute atomic E-state index is 0.0398. The molecule has 2 saturated heterocycles. The van der Waals surface area contributed by atoms with Crippen LogP contribution in [0.4, 0.5) is 4.39 Å². The van der Waals surface area contributed by atoms with Crippen LogP contribution in [0, 0.1) is 5.82 Å². The second kappa shape index (κ2) is 7.06. The standard InChI is InChI=1S/C16H21FN4O2/c17-13-3-1-2-12(8-13)14-9-18-4-6-20(14)11-16(23)21-7-5-19-15(22)10-21/h1-3,8,14,18H,4-7,9-11H2,(H,19,22). The Morgan fingerprint density at radius 1 is 1.30 bits per heavy atom. The van der Waals surface area contributed by atoms with E-state index in [4.69, 9.17) is 0 Å². The van der Waals surface area contributed by atoms with Crippen molar-refractivity contribution in [2.24, 2.45) is 0 Å². The molecule has 124 valence electrons. The molecule has 2 aliphatic rings. The van der Waals surface area contributed by atoms with E-state index in [1.54, 1.807) is 11.0 Å². The first-order chi connectivity index (χ1) is 11.1. The molecular weight excluding hydrogens is 299 g/mol. The van der Waals surface area contributed by atoms with Gasteiger partial charge in [-0.25, -0.2) is 4.39 Å². The Kier molecular flexibility index (Phi) is 4.88. The number of hydrogen-bond acceptors (Lipinski definition) is 4. The van der Waals surface area contributed by atoms with Crippen LogP contribution in [0.1, 0.15) is 11.6 Å². The van der Waals surface area contributed by atoms with Gasteiger partial charge in [-0.3, -0.25) is 14.5 Å². The van der Waals surface area contributed by atoms with Crippen LogP contribution in [0.25, 0.3) is 0 Å². The third kappa shape index (κ3) is 3.86. The Balaban J connectivity index is 1.69. The molecule has 0 saturated carbocycles. The highest BCUT2D eigenvalue weighted by molar-refractivity contribution is 5.86. The van der Waals surface area contributed by atoms with Gasteiger partial charge in [0.25, 0.3) is 0 Å². The summed E-state index contributed by atoms with van der Waals surface area (Å²) in [5, 5.41) is 6.00. The van der Waals surface area contributed by atoms with Crippen molar-refractivity contribution in [2.75, 3.05) is 45.8 Å². The van der Waals surface area contributed by atoms with E-state index < -0.39 is 0 Å². The molecule has 1 unspecified atom stereocenters. The van der Waals surface area contributed by atoms with Crippen molar-refractivity contribution in [2.45, 2.75) is 6.04 Å². The molecule has 1 aromatic rings. The molecule has 23 heavy (non-hydrogen) atoms. The van der Waals surface area contributed by atoms with E-state index in [1.807, 2.05) is 6.07 Å². The van der Waals surface area contributed by atoms with Crippen LogP contribution < -0.4 is 10.6 Å². The number of nitrogens with one attached hydrogen (secondary N) is 2. The van der Waals surface area contributed by atoms with E-state index in [2.05, 4.69) is 15.5 Å². The number of halogens is 1. The highest BCUT2D eigenvalue weighted by Gasteiger charge is 2.29. The quantitative estimate of drug-likeness (QED) is 0.805. The second-order valence-corrected chi connectivity index (χ2v) is 5.91. The number of nitrogens with zero attached hydrogens (tertiary/aromatic N) is 2. The molecule has 0 aromatic heterocycles. The molecule has 1 atom stereocenters. The normalized spacial score (nSPS) is 22.7. The molecular formula is C16H21FN4O2. The fourth-order valence-corrected chi connectivity index (χ4v) is 3.10. The van der Waals surface area contributed by atoms with Crippen LogP contribution in [-0.4, -0.2) is 67.4 Å². The highest BCUT2D eigenvalue weighted by Crippen LogP contribution is 2.22. The van der Waals surface area contributed by atoms with Crippen molar-refractivity contribution < 1.29 is 14.0 Å². The lowest BCUT2D eigenvalue weighted by atomic mass is 10.0. The molecule has 0 aliphatic carbocycles. The van der Waals surface area contributed by atoms with Crippen molar-refractivity contribution in [1.82, 2.24) is 20.4 Å². The first kappa shape index (κ1) is 15.9. The SMILES string of the molecule is O=C1CN(C(=O)CN2CCNCC2c2cccc(F)c2)CCN1. The Bertz CT molecular complexity index is 595. The topological polar surface area (TPSA) is 64.7 Å². The fourth-order valence-electron chi connectivity index (χ4n) is 3.10. The molecule has 2 N–H and O–H groups in total. The molecule has 2 heterocycles. The Morgan fingerprint density at radius 3 is 2.96 bits per heavy atom. The van der Waals surface area contributed by atoms with Gasteiger partial charge in [0, 0.05) is 38.8 Å². The minimum atomic E-state index is -0.271. The summed E-state index contributed by atoms with van der Waals surface area (Å²) in [6.07, 6.45) is 0. The molecule has 1 aromatic carbocycles. The number of rotatable bonds is 3. The average Bonchev–Trinajstić information content (AvgIpc) is 2.55. The maximum atomic E-state index is 13.5. The summed E-state index contributed by atoms with van der Waals surface area (Å²) in [4.78, 5) is 27.5. The summed E-state index contributed by atoms with van der Waals surface area (Å²) < 4.78 is 13.5. The molecule has 6 nitrogen and oxygen atoms in total. The summed E-state index contributed by atoms with van der Waals surface area (Å²) in [5.74, 6) is -0.443. The zero-order valence-electron chi connectivity index (χ0n) is 12.9. The van der Waals surface area contributed by atoms with E-state index in [0.717, 1.165) is 12.1 Å². The van der Waals surface area contributed by atoms with E-state index in [0.29, 0.717) is 26.2 Å². The Hall–Kier alpha value is -1.99. The van der Waals surface area contributed by atoms with Gasteiger partial charge in [-0.15, -0.1) is 0 Å². The van der Waals surface area contributed by atoms with Crippen molar-refractivity contribution in [3.8, 4) is 0 Å². The predicted molar refractivity (Wildman–Crippen MR) is 83.2 cm³/mol. The lowest BCUT2D eigenvalue weighted by molar-refractivity contribution is -0.139. The lowest BCUT2D eigenvalue weighted by Gasteiger charge is -2.37. The van der Waals surface area contributed by atoms with Crippen molar-refractivity contribution in [1.29, 1.82) is 0 Å². The summed E-state index contributed by atoms with van der Waals surface area (Å²) in [7, 11) is 0. The zero-order chi connectivity index (χ0) is 16.2. The Morgan fingerprint density at radius 2 is 2.17 bits per heavy atom. The van der Waals surface area contributed by atoms with Crippen molar-refractivity contribution >= 4 is 11.8 Å². The Labute approximate surface area is 134 Å². The van der Waals surface area contributed by atoms with Crippen LogP contribution in [0.15, 0.2) is 24.3 Å². The van der Waals surface area contributed by atoms with Crippen LogP contribution >= 0.6 is 0 Å². The molecule has 3 rings (SSSR count). The smallest absolute Gasteiger partial charge is 0.239 e. The minimum Gasteiger partial charge on any atom is -0.353 e. The van der Waals surface area contributed by atoms with Crippen LogP contribution in [0.3, 0.4) is 0 Å². The summed E-state index contributed by atoms with van der Waals surface area (Å²) >= 11 is 0. The van der Waals surface area contributed by atoms with Gasteiger partial charge in [0.05, 0.1) is 13.1 Å². The largest absolute Gasteiger partial charge is 0.353 e. The number of carbonyl (C=O) groups is 2. The molecule has 0 radical (unpaired) electrons. The monoisotopic (exact) mass is 320 g/mol. The van der Waals surface area contributed by atoms with Crippen molar-refractivity contribution in [3.05, 3.63) is 35.6 Å². The molecule has 2 aliphatic heterocycles. The third-order valence-corrected chi connectivity index (χ3v) is 4.32. The predicted octanol–water partition coefficient (Wildman–Crippen LogP) is -0.270. The lowest BCUT2D eigenvalue weighted by Crippen LogP contribution is -2.54. The maximum Gasteiger partial charge on any atom is 0.239 e. The van der Waals surface area contributed by atoms with Crippen LogP contribution in [0.2, 0.25) is 0 Å². The fraction of sp³-hybridized carbons (Fsp3) is 0.500. The van der Waals surface area contributed by atoms with E-state index >= 15 is 0 Å². The van der Waals surface area contributed by atoms with Gasteiger partial charge in [0.1, 0.15) is 5.82 Å². The first-order valence-corrected chi connectivity index (χ1v) is 7.88. The van der Waals surface area contributed by atoms with Gasteiger partial charge >= 0.3 is 0 Å². The van der Waals surface area contributed by atoms with Gasteiger partial charge in [0.2, 0.25) is 11.8 Å². The molecule has 7 heteroatoms. The number of carbonyl (C=O) groups excluding carboxylic acids is 2. The van der Waals surface area contributed by atoms with Gasteiger partial charge < -0.3 is 15.5 Å². The van der Waals surface area contributed by atoms with E-state index in [-0.39, 0.29) is 36.8 Å². The molecule has 0 bridgehead atoms.